The summed E-state index contributed by atoms with van der Waals surface area (Å²) in [4.78, 5) is 0. The first-order chi connectivity index (χ1) is 7.11. The van der Waals surface area contributed by atoms with Crippen molar-refractivity contribution in [1.82, 2.24) is 0 Å². The minimum absolute atomic E-state index is 0.413. The normalized spacial score (nSPS) is 29.4. The van der Waals surface area contributed by atoms with Crippen molar-refractivity contribution in [2.24, 2.45) is 11.7 Å². The fourth-order valence-electron chi connectivity index (χ4n) is 2.05. The van der Waals surface area contributed by atoms with Crippen molar-refractivity contribution < 1.29 is 0 Å². The lowest BCUT2D eigenvalue weighted by Crippen LogP contribution is -2.40. The standard InChI is InChI=1S/C12H25NS2/c1-9(2)5-4-6-11(13)12-10(3)14-7-8-15-12/h9-12H,4-8,13H2,1-3H3. The van der Waals surface area contributed by atoms with E-state index in [0.29, 0.717) is 11.3 Å². The lowest BCUT2D eigenvalue weighted by atomic mass is 10.0. The Labute approximate surface area is 103 Å². The van der Waals surface area contributed by atoms with Crippen LogP contribution >= 0.6 is 23.5 Å². The number of hydrogen-bond donors (Lipinski definition) is 1. The Bertz CT molecular complexity index is 173. The smallest absolute Gasteiger partial charge is 0.0315 e. The van der Waals surface area contributed by atoms with Gasteiger partial charge < -0.3 is 5.73 Å². The molecule has 2 N–H and O–H groups in total. The van der Waals surface area contributed by atoms with E-state index in [-0.39, 0.29) is 0 Å². The van der Waals surface area contributed by atoms with Gasteiger partial charge in [0.25, 0.3) is 0 Å². The molecule has 3 unspecified atom stereocenters. The van der Waals surface area contributed by atoms with Crippen molar-refractivity contribution in [3.8, 4) is 0 Å². The van der Waals surface area contributed by atoms with Crippen LogP contribution in [0.4, 0.5) is 0 Å². The molecule has 1 heterocycles. The summed E-state index contributed by atoms with van der Waals surface area (Å²) in [7, 11) is 0. The highest BCUT2D eigenvalue weighted by atomic mass is 32.2. The fourth-order valence-corrected chi connectivity index (χ4v) is 4.98. The Hall–Kier alpha value is 0.660. The second-order valence-electron chi connectivity index (χ2n) is 4.90. The first-order valence-electron chi connectivity index (χ1n) is 6.10. The van der Waals surface area contributed by atoms with Gasteiger partial charge in [-0.25, -0.2) is 0 Å². The van der Waals surface area contributed by atoms with Crippen LogP contribution in [0.3, 0.4) is 0 Å². The highest BCUT2D eigenvalue weighted by molar-refractivity contribution is 8.07. The van der Waals surface area contributed by atoms with Crippen molar-refractivity contribution >= 4 is 23.5 Å². The molecule has 1 fully saturated rings. The maximum Gasteiger partial charge on any atom is 0.0315 e. The van der Waals surface area contributed by atoms with Gasteiger partial charge >= 0.3 is 0 Å². The molecule has 0 aromatic heterocycles. The van der Waals surface area contributed by atoms with Crippen LogP contribution in [0.1, 0.15) is 40.0 Å². The Kier molecular flexibility index (Phi) is 6.48. The second-order valence-corrected chi connectivity index (χ2v) is 7.67. The topological polar surface area (TPSA) is 26.0 Å². The predicted octanol–water partition coefficient (Wildman–Crippen LogP) is 3.38. The largest absolute Gasteiger partial charge is 0.327 e. The molecule has 1 rings (SSSR count). The summed E-state index contributed by atoms with van der Waals surface area (Å²) in [6.45, 7) is 6.92. The Morgan fingerprint density at radius 2 is 1.87 bits per heavy atom. The summed E-state index contributed by atoms with van der Waals surface area (Å²) in [5, 5.41) is 1.44. The molecule has 0 amide bonds. The Morgan fingerprint density at radius 1 is 1.20 bits per heavy atom. The zero-order valence-corrected chi connectivity index (χ0v) is 11.9. The van der Waals surface area contributed by atoms with Crippen molar-refractivity contribution in [2.45, 2.75) is 56.6 Å². The molecule has 15 heavy (non-hydrogen) atoms. The van der Waals surface area contributed by atoms with E-state index in [2.05, 4.69) is 44.3 Å². The van der Waals surface area contributed by atoms with Crippen molar-refractivity contribution in [3.05, 3.63) is 0 Å². The van der Waals surface area contributed by atoms with Gasteiger partial charge in [0.1, 0.15) is 0 Å². The third kappa shape index (κ3) is 5.01. The molecule has 0 spiro atoms. The van der Waals surface area contributed by atoms with Crippen LogP contribution in [0.15, 0.2) is 0 Å². The predicted molar refractivity (Wildman–Crippen MR) is 74.8 cm³/mol. The lowest BCUT2D eigenvalue weighted by molar-refractivity contribution is 0.487. The van der Waals surface area contributed by atoms with Crippen molar-refractivity contribution in [3.63, 3.8) is 0 Å². The van der Waals surface area contributed by atoms with Gasteiger partial charge in [-0.2, -0.15) is 23.5 Å². The van der Waals surface area contributed by atoms with Crippen molar-refractivity contribution in [2.75, 3.05) is 11.5 Å². The number of nitrogens with two attached hydrogens (primary N) is 1. The van der Waals surface area contributed by atoms with E-state index in [1.54, 1.807) is 0 Å². The first-order valence-corrected chi connectivity index (χ1v) is 8.19. The van der Waals surface area contributed by atoms with Crippen LogP contribution in [-0.2, 0) is 0 Å². The minimum atomic E-state index is 0.413. The quantitative estimate of drug-likeness (QED) is 0.806. The van der Waals surface area contributed by atoms with Gasteiger partial charge in [0, 0.05) is 28.0 Å². The lowest BCUT2D eigenvalue weighted by Gasteiger charge is -2.32. The monoisotopic (exact) mass is 247 g/mol. The highest BCUT2D eigenvalue weighted by Gasteiger charge is 2.27. The van der Waals surface area contributed by atoms with Gasteiger partial charge in [0.2, 0.25) is 0 Å². The molecule has 0 aliphatic carbocycles. The van der Waals surface area contributed by atoms with Crippen LogP contribution in [0, 0.1) is 5.92 Å². The van der Waals surface area contributed by atoms with Crippen LogP contribution < -0.4 is 5.73 Å². The molecule has 0 saturated carbocycles. The average Bonchev–Trinajstić information content (AvgIpc) is 2.17. The molecule has 1 aliphatic rings. The molecular formula is C12H25NS2. The number of rotatable bonds is 5. The van der Waals surface area contributed by atoms with E-state index in [9.17, 15) is 0 Å². The maximum atomic E-state index is 6.29. The van der Waals surface area contributed by atoms with E-state index in [1.165, 1.54) is 30.8 Å². The van der Waals surface area contributed by atoms with Crippen LogP contribution in [0.2, 0.25) is 0 Å². The third-order valence-corrected chi connectivity index (χ3v) is 6.25. The van der Waals surface area contributed by atoms with Gasteiger partial charge in [0.15, 0.2) is 0 Å². The van der Waals surface area contributed by atoms with E-state index in [0.717, 1.165) is 11.2 Å². The summed E-state index contributed by atoms with van der Waals surface area (Å²) in [6, 6.07) is 0.413. The molecule has 0 aromatic rings. The van der Waals surface area contributed by atoms with Gasteiger partial charge in [-0.05, 0) is 12.3 Å². The third-order valence-electron chi connectivity index (χ3n) is 2.98. The zero-order valence-electron chi connectivity index (χ0n) is 10.2. The Morgan fingerprint density at radius 3 is 2.47 bits per heavy atom. The average molecular weight is 247 g/mol. The van der Waals surface area contributed by atoms with Gasteiger partial charge in [-0.3, -0.25) is 0 Å². The van der Waals surface area contributed by atoms with Crippen molar-refractivity contribution in [1.29, 1.82) is 0 Å². The molecule has 0 bridgehead atoms. The zero-order chi connectivity index (χ0) is 11.3. The summed E-state index contributed by atoms with van der Waals surface area (Å²) in [6.07, 6.45) is 3.83. The Balaban J connectivity index is 2.22. The number of hydrogen-bond acceptors (Lipinski definition) is 3. The first kappa shape index (κ1) is 13.7. The molecular weight excluding hydrogens is 222 g/mol. The molecule has 1 aliphatic heterocycles. The number of thioether (sulfide) groups is 2. The summed E-state index contributed by atoms with van der Waals surface area (Å²) in [5.74, 6) is 3.42. The highest BCUT2D eigenvalue weighted by Crippen LogP contribution is 2.33. The molecule has 1 saturated heterocycles. The van der Waals surface area contributed by atoms with Gasteiger partial charge in [-0.1, -0.05) is 33.6 Å². The molecule has 3 atom stereocenters. The fraction of sp³-hybridized carbons (Fsp3) is 1.00. The molecule has 0 radical (unpaired) electrons. The van der Waals surface area contributed by atoms with E-state index < -0.39 is 0 Å². The van der Waals surface area contributed by atoms with Crippen LogP contribution in [0.25, 0.3) is 0 Å². The minimum Gasteiger partial charge on any atom is -0.327 e. The van der Waals surface area contributed by atoms with Gasteiger partial charge in [0.05, 0.1) is 0 Å². The molecule has 90 valence electrons. The van der Waals surface area contributed by atoms with Crippen LogP contribution in [-0.4, -0.2) is 28.0 Å². The molecule has 1 nitrogen and oxygen atoms in total. The van der Waals surface area contributed by atoms with Gasteiger partial charge in [-0.15, -0.1) is 0 Å². The molecule has 3 heteroatoms. The maximum absolute atomic E-state index is 6.29. The van der Waals surface area contributed by atoms with E-state index in [4.69, 9.17) is 5.73 Å². The van der Waals surface area contributed by atoms with E-state index in [1.807, 2.05) is 0 Å². The van der Waals surface area contributed by atoms with E-state index >= 15 is 0 Å². The summed E-state index contributed by atoms with van der Waals surface area (Å²) < 4.78 is 0. The summed E-state index contributed by atoms with van der Waals surface area (Å²) >= 11 is 4.19. The summed E-state index contributed by atoms with van der Waals surface area (Å²) in [5.41, 5.74) is 6.29. The SMILES string of the molecule is CC(C)CCCC(N)C1SCCSC1C. The second kappa shape index (κ2) is 7.08. The molecule has 0 aromatic carbocycles. The van der Waals surface area contributed by atoms with Crippen LogP contribution in [0.5, 0.6) is 0 Å².